The molecule has 3 aromatic rings. The standard InChI is InChI=1S/C22H28N4/c1-19-7-6-8-20(17-19)25-15-13-24(14-16-25)11-4-5-12-26-18-23-21-9-2-3-10-22(21)26/h2-3,6-10,17-18H,4-5,11-16H2,1H3. The monoisotopic (exact) mass is 348 g/mol. The summed E-state index contributed by atoms with van der Waals surface area (Å²) >= 11 is 0. The fraction of sp³-hybridized carbons (Fsp3) is 0.409. The normalized spacial score (nSPS) is 15.7. The van der Waals surface area contributed by atoms with Crippen molar-refractivity contribution < 1.29 is 0 Å². The average molecular weight is 348 g/mol. The molecule has 0 saturated carbocycles. The van der Waals surface area contributed by atoms with E-state index in [4.69, 9.17) is 0 Å². The molecule has 0 amide bonds. The van der Waals surface area contributed by atoms with Gasteiger partial charge in [-0.1, -0.05) is 24.3 Å². The molecule has 1 aliphatic rings. The first-order chi connectivity index (χ1) is 12.8. The van der Waals surface area contributed by atoms with E-state index in [9.17, 15) is 0 Å². The number of rotatable bonds is 6. The van der Waals surface area contributed by atoms with Gasteiger partial charge in [-0.2, -0.15) is 0 Å². The Kier molecular flexibility index (Phi) is 5.21. The summed E-state index contributed by atoms with van der Waals surface area (Å²) in [5, 5.41) is 0. The van der Waals surface area contributed by atoms with Gasteiger partial charge in [-0.15, -0.1) is 0 Å². The van der Waals surface area contributed by atoms with Crippen LogP contribution in [0, 0.1) is 6.92 Å². The maximum absolute atomic E-state index is 4.48. The SMILES string of the molecule is Cc1cccc(N2CCN(CCCCn3cnc4ccccc43)CC2)c1. The number of aryl methyl sites for hydroxylation is 2. The highest BCUT2D eigenvalue weighted by atomic mass is 15.3. The van der Waals surface area contributed by atoms with Gasteiger partial charge in [0.2, 0.25) is 0 Å². The molecular weight excluding hydrogens is 320 g/mol. The van der Waals surface area contributed by atoms with E-state index in [1.165, 1.54) is 49.2 Å². The molecule has 0 aliphatic carbocycles. The van der Waals surface area contributed by atoms with Gasteiger partial charge in [-0.3, -0.25) is 4.90 Å². The zero-order valence-electron chi connectivity index (χ0n) is 15.6. The number of piperazine rings is 1. The van der Waals surface area contributed by atoms with Crippen molar-refractivity contribution in [2.24, 2.45) is 0 Å². The first kappa shape index (κ1) is 17.1. The molecule has 0 bridgehead atoms. The molecule has 2 heterocycles. The third-order valence-electron chi connectivity index (χ3n) is 5.39. The van der Waals surface area contributed by atoms with Gasteiger partial charge in [-0.25, -0.2) is 4.98 Å². The van der Waals surface area contributed by atoms with Gasteiger partial charge in [0.25, 0.3) is 0 Å². The van der Waals surface area contributed by atoms with Gasteiger partial charge >= 0.3 is 0 Å². The second kappa shape index (κ2) is 7.92. The number of aromatic nitrogens is 2. The lowest BCUT2D eigenvalue weighted by Gasteiger charge is -2.36. The first-order valence-electron chi connectivity index (χ1n) is 9.73. The largest absolute Gasteiger partial charge is 0.369 e. The summed E-state index contributed by atoms with van der Waals surface area (Å²) in [5.41, 5.74) is 5.06. The third-order valence-corrected chi connectivity index (χ3v) is 5.39. The fourth-order valence-electron chi connectivity index (χ4n) is 3.86. The maximum Gasteiger partial charge on any atom is 0.0958 e. The molecule has 0 N–H and O–H groups in total. The van der Waals surface area contributed by atoms with Crippen molar-refractivity contribution in [2.75, 3.05) is 37.6 Å². The summed E-state index contributed by atoms with van der Waals surface area (Å²) in [5.74, 6) is 0. The molecule has 4 heteroatoms. The number of fused-ring (bicyclic) bond motifs is 1. The quantitative estimate of drug-likeness (QED) is 0.631. The lowest BCUT2D eigenvalue weighted by Crippen LogP contribution is -2.46. The highest BCUT2D eigenvalue weighted by Gasteiger charge is 2.16. The molecule has 2 aromatic carbocycles. The fourth-order valence-corrected chi connectivity index (χ4v) is 3.86. The minimum absolute atomic E-state index is 1.06. The molecule has 4 nitrogen and oxygen atoms in total. The number of nitrogens with zero attached hydrogens (tertiary/aromatic N) is 4. The topological polar surface area (TPSA) is 24.3 Å². The number of hydrogen-bond donors (Lipinski definition) is 0. The molecule has 1 fully saturated rings. The van der Waals surface area contributed by atoms with E-state index in [1.807, 2.05) is 6.33 Å². The Hall–Kier alpha value is -2.33. The van der Waals surface area contributed by atoms with Crippen LogP contribution in [-0.4, -0.2) is 47.2 Å². The van der Waals surface area contributed by atoms with Crippen LogP contribution >= 0.6 is 0 Å². The number of anilines is 1. The van der Waals surface area contributed by atoms with Crippen LogP contribution in [0.25, 0.3) is 11.0 Å². The summed E-state index contributed by atoms with van der Waals surface area (Å²) in [7, 11) is 0. The molecule has 1 saturated heterocycles. The second-order valence-electron chi connectivity index (χ2n) is 7.30. The van der Waals surface area contributed by atoms with Crippen LogP contribution in [0.4, 0.5) is 5.69 Å². The van der Waals surface area contributed by atoms with Crippen molar-refractivity contribution in [3.8, 4) is 0 Å². The van der Waals surface area contributed by atoms with E-state index in [1.54, 1.807) is 0 Å². The highest BCUT2D eigenvalue weighted by molar-refractivity contribution is 5.74. The Morgan fingerprint density at radius 3 is 2.54 bits per heavy atom. The van der Waals surface area contributed by atoms with Crippen LogP contribution in [0.1, 0.15) is 18.4 Å². The lowest BCUT2D eigenvalue weighted by atomic mass is 10.2. The molecule has 1 aliphatic heterocycles. The van der Waals surface area contributed by atoms with Crippen LogP contribution in [0.3, 0.4) is 0 Å². The molecule has 0 atom stereocenters. The maximum atomic E-state index is 4.48. The highest BCUT2D eigenvalue weighted by Crippen LogP contribution is 2.18. The zero-order chi connectivity index (χ0) is 17.8. The Morgan fingerprint density at radius 2 is 1.69 bits per heavy atom. The van der Waals surface area contributed by atoms with Crippen molar-refractivity contribution >= 4 is 16.7 Å². The van der Waals surface area contributed by atoms with E-state index in [2.05, 4.69) is 74.8 Å². The Bertz CT molecular complexity index is 846. The number of imidazole rings is 1. The van der Waals surface area contributed by atoms with Gasteiger partial charge in [0.15, 0.2) is 0 Å². The predicted molar refractivity (Wildman–Crippen MR) is 109 cm³/mol. The number of unbranched alkanes of at least 4 members (excludes halogenated alkanes) is 1. The zero-order valence-corrected chi connectivity index (χ0v) is 15.6. The lowest BCUT2D eigenvalue weighted by molar-refractivity contribution is 0.251. The van der Waals surface area contributed by atoms with Gasteiger partial charge in [0.1, 0.15) is 0 Å². The van der Waals surface area contributed by atoms with Crippen LogP contribution in [-0.2, 0) is 6.54 Å². The summed E-state index contributed by atoms with van der Waals surface area (Å²) in [4.78, 5) is 9.60. The van der Waals surface area contributed by atoms with E-state index >= 15 is 0 Å². The number of hydrogen-bond acceptors (Lipinski definition) is 3. The molecule has 26 heavy (non-hydrogen) atoms. The third kappa shape index (κ3) is 3.91. The molecule has 4 rings (SSSR count). The van der Waals surface area contributed by atoms with E-state index in [0.717, 1.165) is 25.2 Å². The van der Waals surface area contributed by atoms with Gasteiger partial charge in [-0.05, 0) is 56.1 Å². The number of benzene rings is 2. The van der Waals surface area contributed by atoms with Crippen LogP contribution < -0.4 is 4.90 Å². The van der Waals surface area contributed by atoms with Gasteiger partial charge in [0, 0.05) is 38.4 Å². The minimum Gasteiger partial charge on any atom is -0.369 e. The second-order valence-corrected chi connectivity index (χ2v) is 7.30. The van der Waals surface area contributed by atoms with E-state index in [0.29, 0.717) is 0 Å². The number of para-hydroxylation sites is 2. The van der Waals surface area contributed by atoms with Crippen molar-refractivity contribution in [3.05, 3.63) is 60.4 Å². The molecule has 136 valence electrons. The van der Waals surface area contributed by atoms with Crippen molar-refractivity contribution in [2.45, 2.75) is 26.3 Å². The Balaban J connectivity index is 1.20. The molecule has 1 aromatic heterocycles. The summed E-state index contributed by atoms with van der Waals surface area (Å²) in [6.45, 7) is 9.04. The summed E-state index contributed by atoms with van der Waals surface area (Å²) in [6.07, 6.45) is 4.43. The summed E-state index contributed by atoms with van der Waals surface area (Å²) < 4.78 is 2.28. The first-order valence-corrected chi connectivity index (χ1v) is 9.73. The molecule has 0 unspecified atom stereocenters. The Morgan fingerprint density at radius 1 is 0.885 bits per heavy atom. The van der Waals surface area contributed by atoms with Crippen molar-refractivity contribution in [1.29, 1.82) is 0 Å². The predicted octanol–water partition coefficient (Wildman–Crippen LogP) is 3.95. The Labute approximate surface area is 156 Å². The smallest absolute Gasteiger partial charge is 0.0958 e. The van der Waals surface area contributed by atoms with Crippen molar-refractivity contribution in [3.63, 3.8) is 0 Å². The van der Waals surface area contributed by atoms with Crippen LogP contribution in [0.5, 0.6) is 0 Å². The van der Waals surface area contributed by atoms with Crippen molar-refractivity contribution in [1.82, 2.24) is 14.5 Å². The van der Waals surface area contributed by atoms with E-state index < -0.39 is 0 Å². The van der Waals surface area contributed by atoms with Crippen LogP contribution in [0.2, 0.25) is 0 Å². The molecule has 0 spiro atoms. The minimum atomic E-state index is 1.06. The molecular formula is C22H28N4. The van der Waals surface area contributed by atoms with Gasteiger partial charge in [0.05, 0.1) is 17.4 Å². The van der Waals surface area contributed by atoms with Gasteiger partial charge < -0.3 is 9.47 Å². The van der Waals surface area contributed by atoms with E-state index in [-0.39, 0.29) is 0 Å². The molecule has 0 radical (unpaired) electrons. The average Bonchev–Trinajstić information content (AvgIpc) is 3.09. The summed E-state index contributed by atoms with van der Waals surface area (Å²) in [6, 6.07) is 17.2. The van der Waals surface area contributed by atoms with Crippen LogP contribution in [0.15, 0.2) is 54.9 Å².